The first-order valence-electron chi connectivity index (χ1n) is 4.78. The summed E-state index contributed by atoms with van der Waals surface area (Å²) in [6.07, 6.45) is 1.17. The zero-order chi connectivity index (χ0) is 10.2. The van der Waals surface area contributed by atoms with E-state index in [0.29, 0.717) is 26.1 Å². The van der Waals surface area contributed by atoms with Crippen LogP contribution in [0.25, 0.3) is 0 Å². The average molecular weight is 198 g/mol. The van der Waals surface area contributed by atoms with E-state index in [1.165, 1.54) is 4.90 Å². The molecule has 0 unspecified atom stereocenters. The van der Waals surface area contributed by atoms with Gasteiger partial charge < -0.3 is 15.0 Å². The van der Waals surface area contributed by atoms with Crippen molar-refractivity contribution in [2.24, 2.45) is 0 Å². The summed E-state index contributed by atoms with van der Waals surface area (Å²) >= 11 is 0. The van der Waals surface area contributed by atoms with Crippen LogP contribution in [0.15, 0.2) is 0 Å². The highest BCUT2D eigenvalue weighted by Gasteiger charge is 2.46. The molecule has 78 valence electrons. The van der Waals surface area contributed by atoms with Crippen LogP contribution in [0, 0.1) is 0 Å². The van der Waals surface area contributed by atoms with Crippen LogP contribution >= 0.6 is 0 Å². The first-order valence-corrected chi connectivity index (χ1v) is 4.78. The molecule has 2 fully saturated rings. The molecule has 0 saturated carbocycles. The van der Waals surface area contributed by atoms with Gasteiger partial charge in [0.2, 0.25) is 11.8 Å². The predicted molar refractivity (Wildman–Crippen MR) is 48.6 cm³/mol. The molecule has 5 heteroatoms. The Morgan fingerprint density at radius 1 is 1.36 bits per heavy atom. The fourth-order valence-electron chi connectivity index (χ4n) is 2.07. The number of hydrogen-bond acceptors (Lipinski definition) is 3. The van der Waals surface area contributed by atoms with Crippen molar-refractivity contribution in [3.8, 4) is 0 Å². The third-order valence-electron chi connectivity index (χ3n) is 2.86. The van der Waals surface area contributed by atoms with Gasteiger partial charge in [0.1, 0.15) is 5.54 Å². The lowest BCUT2D eigenvalue weighted by Gasteiger charge is -2.42. The zero-order valence-electron chi connectivity index (χ0n) is 8.21. The number of ether oxygens (including phenoxy) is 1. The van der Waals surface area contributed by atoms with Crippen molar-refractivity contribution in [3.05, 3.63) is 0 Å². The molecule has 14 heavy (non-hydrogen) atoms. The van der Waals surface area contributed by atoms with Crippen LogP contribution in [0.1, 0.15) is 12.8 Å². The van der Waals surface area contributed by atoms with Gasteiger partial charge in [-0.15, -0.1) is 0 Å². The molecule has 2 amide bonds. The molecule has 1 N–H and O–H groups in total. The maximum Gasteiger partial charge on any atom is 0.248 e. The van der Waals surface area contributed by atoms with E-state index in [2.05, 4.69) is 5.32 Å². The van der Waals surface area contributed by atoms with E-state index in [1.807, 2.05) is 0 Å². The van der Waals surface area contributed by atoms with Crippen molar-refractivity contribution >= 4 is 11.8 Å². The predicted octanol–water partition coefficient (Wildman–Crippen LogP) is -0.876. The van der Waals surface area contributed by atoms with Gasteiger partial charge in [0.25, 0.3) is 0 Å². The highest BCUT2D eigenvalue weighted by atomic mass is 16.5. The van der Waals surface area contributed by atoms with Crippen LogP contribution in [0.4, 0.5) is 0 Å². The highest BCUT2D eigenvalue weighted by Crippen LogP contribution is 2.25. The summed E-state index contributed by atoms with van der Waals surface area (Å²) in [4.78, 5) is 24.7. The van der Waals surface area contributed by atoms with Crippen LogP contribution in [0.3, 0.4) is 0 Å². The molecule has 2 saturated heterocycles. The van der Waals surface area contributed by atoms with Crippen molar-refractivity contribution in [3.63, 3.8) is 0 Å². The number of nitrogens with one attached hydrogen (secondary N) is 1. The number of likely N-dealkylation sites (N-methyl/N-ethyl adjacent to an activating group) is 1. The van der Waals surface area contributed by atoms with Crippen LogP contribution in [-0.2, 0) is 14.3 Å². The summed E-state index contributed by atoms with van der Waals surface area (Å²) in [6, 6.07) is 0. The van der Waals surface area contributed by atoms with Crippen molar-refractivity contribution in [2.75, 3.05) is 26.8 Å². The Kier molecular flexibility index (Phi) is 2.19. The quantitative estimate of drug-likeness (QED) is 0.550. The Morgan fingerprint density at radius 2 is 2.00 bits per heavy atom. The van der Waals surface area contributed by atoms with Gasteiger partial charge in [-0.1, -0.05) is 0 Å². The molecule has 0 bridgehead atoms. The molecule has 2 rings (SSSR count). The second-order valence-electron chi connectivity index (χ2n) is 3.90. The van der Waals surface area contributed by atoms with Crippen LogP contribution in [0.5, 0.6) is 0 Å². The van der Waals surface area contributed by atoms with Crippen LogP contribution in [-0.4, -0.2) is 49.1 Å². The second kappa shape index (κ2) is 3.24. The fraction of sp³-hybridized carbons (Fsp3) is 0.778. The zero-order valence-corrected chi connectivity index (χ0v) is 8.21. The Hall–Kier alpha value is -1.10. The smallest absolute Gasteiger partial charge is 0.248 e. The Balaban J connectivity index is 2.22. The molecular weight excluding hydrogens is 184 g/mol. The third-order valence-corrected chi connectivity index (χ3v) is 2.86. The van der Waals surface area contributed by atoms with Crippen molar-refractivity contribution < 1.29 is 14.3 Å². The number of carbonyl (C=O) groups is 2. The summed E-state index contributed by atoms with van der Waals surface area (Å²) in [5, 5.41) is 2.80. The molecule has 0 atom stereocenters. The highest BCUT2D eigenvalue weighted by molar-refractivity contribution is 5.97. The lowest BCUT2D eigenvalue weighted by molar-refractivity contribution is -0.152. The number of amides is 2. The minimum absolute atomic E-state index is 0.0143. The molecule has 0 radical (unpaired) electrons. The van der Waals surface area contributed by atoms with E-state index in [-0.39, 0.29) is 18.4 Å². The van der Waals surface area contributed by atoms with E-state index in [4.69, 9.17) is 4.74 Å². The van der Waals surface area contributed by atoms with E-state index in [1.54, 1.807) is 7.05 Å². The molecule has 2 aliphatic heterocycles. The topological polar surface area (TPSA) is 58.6 Å². The van der Waals surface area contributed by atoms with Crippen LogP contribution in [0.2, 0.25) is 0 Å². The molecule has 0 aromatic heterocycles. The number of hydrogen-bond donors (Lipinski definition) is 1. The molecule has 0 aromatic rings. The monoisotopic (exact) mass is 198 g/mol. The summed E-state index contributed by atoms with van der Waals surface area (Å²) < 4.78 is 5.19. The number of piperazine rings is 1. The van der Waals surface area contributed by atoms with Gasteiger partial charge in [0.15, 0.2) is 0 Å². The lowest BCUT2D eigenvalue weighted by Crippen LogP contribution is -2.67. The Labute approximate surface area is 82.4 Å². The standard InChI is InChI=1S/C9H14N2O3/c1-11-6-7(12)10-9(8(11)13)2-4-14-5-3-9/h2-6H2,1H3,(H,10,12). The van der Waals surface area contributed by atoms with Crippen LogP contribution < -0.4 is 5.32 Å². The maximum atomic E-state index is 11.9. The Bertz CT molecular complexity index is 271. The van der Waals surface area contributed by atoms with Gasteiger partial charge >= 0.3 is 0 Å². The maximum absolute atomic E-state index is 11.9. The molecule has 0 aromatic carbocycles. The van der Waals surface area contributed by atoms with E-state index in [9.17, 15) is 9.59 Å². The molecular formula is C9H14N2O3. The number of rotatable bonds is 0. The van der Waals surface area contributed by atoms with Crippen molar-refractivity contribution in [1.82, 2.24) is 10.2 Å². The normalized spacial score (nSPS) is 26.5. The third kappa shape index (κ3) is 1.37. The van der Waals surface area contributed by atoms with Gasteiger partial charge in [-0.25, -0.2) is 0 Å². The molecule has 2 aliphatic rings. The van der Waals surface area contributed by atoms with E-state index < -0.39 is 5.54 Å². The minimum Gasteiger partial charge on any atom is -0.381 e. The van der Waals surface area contributed by atoms with Crippen molar-refractivity contribution in [1.29, 1.82) is 0 Å². The second-order valence-corrected chi connectivity index (χ2v) is 3.90. The Morgan fingerprint density at radius 3 is 2.64 bits per heavy atom. The lowest BCUT2D eigenvalue weighted by atomic mass is 9.87. The SMILES string of the molecule is CN1CC(=O)NC2(CCOCC2)C1=O. The molecule has 1 spiro atoms. The van der Waals surface area contributed by atoms with Crippen molar-refractivity contribution in [2.45, 2.75) is 18.4 Å². The van der Waals surface area contributed by atoms with Gasteiger partial charge in [0.05, 0.1) is 6.54 Å². The molecule has 5 nitrogen and oxygen atoms in total. The first kappa shape index (κ1) is 9.45. The number of carbonyl (C=O) groups excluding carboxylic acids is 2. The summed E-state index contributed by atoms with van der Waals surface area (Å²) in [7, 11) is 1.66. The fourth-order valence-corrected chi connectivity index (χ4v) is 2.07. The summed E-state index contributed by atoms with van der Waals surface area (Å²) in [5.41, 5.74) is -0.678. The van der Waals surface area contributed by atoms with E-state index in [0.717, 1.165) is 0 Å². The summed E-state index contributed by atoms with van der Waals surface area (Å²) in [5.74, 6) is -0.0607. The minimum atomic E-state index is -0.678. The van der Waals surface area contributed by atoms with Gasteiger partial charge in [-0.3, -0.25) is 9.59 Å². The van der Waals surface area contributed by atoms with Gasteiger partial charge in [-0.05, 0) is 0 Å². The van der Waals surface area contributed by atoms with Gasteiger partial charge in [-0.2, -0.15) is 0 Å². The first-order chi connectivity index (χ1) is 6.64. The summed E-state index contributed by atoms with van der Waals surface area (Å²) in [6.45, 7) is 1.25. The van der Waals surface area contributed by atoms with Gasteiger partial charge in [0, 0.05) is 33.1 Å². The molecule has 2 heterocycles. The number of nitrogens with zero attached hydrogens (tertiary/aromatic N) is 1. The molecule has 0 aliphatic carbocycles. The largest absolute Gasteiger partial charge is 0.381 e. The van der Waals surface area contributed by atoms with E-state index >= 15 is 0 Å². The average Bonchev–Trinajstić information content (AvgIpc) is 2.15.